The highest BCUT2D eigenvalue weighted by Gasteiger charge is 2.11. The third-order valence-corrected chi connectivity index (χ3v) is 2.48. The van der Waals surface area contributed by atoms with Crippen LogP contribution in [0, 0.1) is 0 Å². The van der Waals surface area contributed by atoms with Crippen LogP contribution in [-0.2, 0) is 4.79 Å². The van der Waals surface area contributed by atoms with Gasteiger partial charge in [-0.05, 0) is 17.5 Å². The first-order chi connectivity index (χ1) is 7.11. The molecule has 0 aromatic heterocycles. The molecule has 1 rings (SSSR count). The summed E-state index contributed by atoms with van der Waals surface area (Å²) >= 11 is 0. The first-order valence-corrected chi connectivity index (χ1v) is 5.10. The van der Waals surface area contributed by atoms with Crippen molar-refractivity contribution in [1.29, 1.82) is 0 Å². The van der Waals surface area contributed by atoms with E-state index >= 15 is 0 Å². The van der Waals surface area contributed by atoms with Gasteiger partial charge >= 0.3 is 0 Å². The van der Waals surface area contributed by atoms with Gasteiger partial charge < -0.3 is 10.2 Å². The number of anilines is 2. The maximum absolute atomic E-state index is 10.8. The van der Waals surface area contributed by atoms with Crippen molar-refractivity contribution in [3.8, 4) is 0 Å². The third kappa shape index (κ3) is 2.29. The number of nitrogens with one attached hydrogen (secondary N) is 1. The summed E-state index contributed by atoms with van der Waals surface area (Å²) in [5.41, 5.74) is 3.17. The molecule has 1 amide bonds. The van der Waals surface area contributed by atoms with Crippen molar-refractivity contribution in [3.05, 3.63) is 23.8 Å². The smallest absolute Gasteiger partial charge is 0.213 e. The zero-order chi connectivity index (χ0) is 11.4. The Kier molecular flexibility index (Phi) is 3.72. The molecule has 0 unspecified atom stereocenters. The molecule has 0 aliphatic heterocycles. The average Bonchev–Trinajstić information content (AvgIpc) is 2.26. The number of hydrogen-bond acceptors (Lipinski definition) is 2. The van der Waals surface area contributed by atoms with E-state index < -0.39 is 0 Å². The molecule has 3 heteroatoms. The number of amides is 1. The second kappa shape index (κ2) is 4.82. The van der Waals surface area contributed by atoms with Gasteiger partial charge in [-0.15, -0.1) is 0 Å². The molecular formula is C12H18N2O. The highest BCUT2D eigenvalue weighted by molar-refractivity contribution is 5.84. The fourth-order valence-corrected chi connectivity index (χ4v) is 1.66. The van der Waals surface area contributed by atoms with E-state index in [9.17, 15) is 4.79 Å². The van der Waals surface area contributed by atoms with Crippen LogP contribution in [0.5, 0.6) is 0 Å². The molecule has 0 spiro atoms. The van der Waals surface area contributed by atoms with Crippen molar-refractivity contribution < 1.29 is 4.79 Å². The number of para-hydroxylation sites is 1. The molecule has 0 saturated carbocycles. The second-order valence-electron chi connectivity index (χ2n) is 3.86. The summed E-state index contributed by atoms with van der Waals surface area (Å²) in [5, 5.41) is 3.16. The van der Waals surface area contributed by atoms with Crippen LogP contribution in [0.25, 0.3) is 0 Å². The molecule has 1 aromatic rings. The molecule has 3 nitrogen and oxygen atoms in total. The van der Waals surface area contributed by atoms with E-state index in [4.69, 9.17) is 0 Å². The minimum absolute atomic E-state index is 0.437. The molecule has 0 aliphatic rings. The molecule has 1 N–H and O–H groups in total. The average molecular weight is 206 g/mol. The lowest BCUT2D eigenvalue weighted by Gasteiger charge is -2.20. The highest BCUT2D eigenvalue weighted by Crippen LogP contribution is 2.32. The lowest BCUT2D eigenvalue weighted by molar-refractivity contribution is -0.107. The maximum Gasteiger partial charge on any atom is 0.213 e. The van der Waals surface area contributed by atoms with Gasteiger partial charge in [0.15, 0.2) is 0 Å². The Morgan fingerprint density at radius 2 is 2.07 bits per heavy atom. The molecule has 15 heavy (non-hydrogen) atoms. The molecule has 0 saturated heterocycles. The van der Waals surface area contributed by atoms with Crippen molar-refractivity contribution in [3.63, 3.8) is 0 Å². The fourth-order valence-electron chi connectivity index (χ4n) is 1.66. The largest absolute Gasteiger partial charge is 0.386 e. The monoisotopic (exact) mass is 206 g/mol. The molecule has 1 aromatic carbocycles. The number of hydrogen-bond donors (Lipinski definition) is 1. The SMILES string of the molecule is CNc1c(C(C)C)cccc1N(C)C=O. The Morgan fingerprint density at radius 3 is 2.53 bits per heavy atom. The van der Waals surface area contributed by atoms with Gasteiger partial charge in [0.05, 0.1) is 11.4 Å². The van der Waals surface area contributed by atoms with Gasteiger partial charge in [-0.3, -0.25) is 4.79 Å². The second-order valence-corrected chi connectivity index (χ2v) is 3.86. The number of rotatable bonds is 4. The van der Waals surface area contributed by atoms with Crippen molar-refractivity contribution in [1.82, 2.24) is 0 Å². The topological polar surface area (TPSA) is 32.3 Å². The van der Waals surface area contributed by atoms with Gasteiger partial charge in [0.25, 0.3) is 0 Å². The van der Waals surface area contributed by atoms with Crippen LogP contribution in [0.1, 0.15) is 25.3 Å². The van der Waals surface area contributed by atoms with E-state index in [0.29, 0.717) is 5.92 Å². The van der Waals surface area contributed by atoms with Crippen LogP contribution >= 0.6 is 0 Å². The molecule has 0 radical (unpaired) electrons. The molecule has 82 valence electrons. The van der Waals surface area contributed by atoms with Gasteiger partial charge in [-0.25, -0.2) is 0 Å². The summed E-state index contributed by atoms with van der Waals surface area (Å²) in [5.74, 6) is 0.437. The Morgan fingerprint density at radius 1 is 1.40 bits per heavy atom. The Hall–Kier alpha value is -1.51. The molecular weight excluding hydrogens is 188 g/mol. The van der Waals surface area contributed by atoms with Crippen LogP contribution in [0.3, 0.4) is 0 Å². The summed E-state index contributed by atoms with van der Waals surface area (Å²) in [4.78, 5) is 12.3. The summed E-state index contributed by atoms with van der Waals surface area (Å²) in [6, 6.07) is 6.00. The normalized spacial score (nSPS) is 10.2. The molecule has 0 fully saturated rings. The molecule has 0 aliphatic carbocycles. The van der Waals surface area contributed by atoms with E-state index in [2.05, 4.69) is 25.2 Å². The fraction of sp³-hybridized carbons (Fsp3) is 0.417. The minimum atomic E-state index is 0.437. The first kappa shape index (κ1) is 11.6. The van der Waals surface area contributed by atoms with Crippen LogP contribution in [0.2, 0.25) is 0 Å². The zero-order valence-electron chi connectivity index (χ0n) is 9.74. The zero-order valence-corrected chi connectivity index (χ0v) is 9.74. The van der Waals surface area contributed by atoms with E-state index in [1.54, 1.807) is 11.9 Å². The highest BCUT2D eigenvalue weighted by atomic mass is 16.1. The van der Waals surface area contributed by atoms with E-state index in [0.717, 1.165) is 17.8 Å². The van der Waals surface area contributed by atoms with Gasteiger partial charge in [0.1, 0.15) is 0 Å². The predicted molar refractivity (Wildman–Crippen MR) is 64.5 cm³/mol. The predicted octanol–water partition coefficient (Wildman–Crippen LogP) is 2.44. The minimum Gasteiger partial charge on any atom is -0.386 e. The standard InChI is InChI=1S/C12H18N2O/c1-9(2)10-6-5-7-11(12(10)13-3)14(4)8-15/h5-9,13H,1-4H3. The van der Waals surface area contributed by atoms with Crippen LogP contribution < -0.4 is 10.2 Å². The summed E-state index contributed by atoms with van der Waals surface area (Å²) in [6.45, 7) is 4.28. The van der Waals surface area contributed by atoms with Crippen LogP contribution in [0.15, 0.2) is 18.2 Å². The van der Waals surface area contributed by atoms with Crippen molar-refractivity contribution >= 4 is 17.8 Å². The van der Waals surface area contributed by atoms with Crippen LogP contribution in [-0.4, -0.2) is 20.5 Å². The van der Waals surface area contributed by atoms with Gasteiger partial charge in [0, 0.05) is 14.1 Å². The Balaban J connectivity index is 3.27. The third-order valence-electron chi connectivity index (χ3n) is 2.48. The summed E-state index contributed by atoms with van der Waals surface area (Å²) in [7, 11) is 3.64. The van der Waals surface area contributed by atoms with Gasteiger partial charge in [-0.2, -0.15) is 0 Å². The quantitative estimate of drug-likeness (QED) is 0.767. The van der Waals surface area contributed by atoms with E-state index in [1.807, 2.05) is 19.2 Å². The molecule has 0 bridgehead atoms. The number of nitrogens with zero attached hydrogens (tertiary/aromatic N) is 1. The molecule has 0 heterocycles. The Labute approximate surface area is 91.1 Å². The number of benzene rings is 1. The summed E-state index contributed by atoms with van der Waals surface area (Å²) in [6.07, 6.45) is 0.820. The van der Waals surface area contributed by atoms with Crippen LogP contribution in [0.4, 0.5) is 11.4 Å². The van der Waals surface area contributed by atoms with Crippen molar-refractivity contribution in [2.24, 2.45) is 0 Å². The van der Waals surface area contributed by atoms with E-state index in [1.165, 1.54) is 5.56 Å². The van der Waals surface area contributed by atoms with Crippen molar-refractivity contribution in [2.75, 3.05) is 24.3 Å². The Bertz CT molecular complexity index is 347. The number of carbonyl (C=O) groups excluding carboxylic acids is 1. The molecule has 0 atom stereocenters. The maximum atomic E-state index is 10.8. The van der Waals surface area contributed by atoms with Gasteiger partial charge in [-0.1, -0.05) is 26.0 Å². The van der Waals surface area contributed by atoms with Gasteiger partial charge in [0.2, 0.25) is 6.41 Å². The first-order valence-electron chi connectivity index (χ1n) is 5.10. The number of carbonyl (C=O) groups is 1. The van der Waals surface area contributed by atoms with E-state index in [-0.39, 0.29) is 0 Å². The lowest BCUT2D eigenvalue weighted by Crippen LogP contribution is -2.16. The lowest BCUT2D eigenvalue weighted by atomic mass is 10.00. The van der Waals surface area contributed by atoms with Crippen molar-refractivity contribution in [2.45, 2.75) is 19.8 Å². The summed E-state index contributed by atoms with van der Waals surface area (Å²) < 4.78 is 0.